The Hall–Kier alpha value is -2.50. The molecule has 0 bridgehead atoms. The third-order valence-electron chi connectivity index (χ3n) is 2.83. The Morgan fingerprint density at radius 3 is 2.38 bits per heavy atom. The predicted molar refractivity (Wildman–Crippen MR) is 75.4 cm³/mol. The van der Waals surface area contributed by atoms with Crippen LogP contribution in [0.5, 0.6) is 5.75 Å². The second-order valence-electron chi connectivity index (χ2n) is 4.43. The second kappa shape index (κ2) is 5.87. The minimum atomic E-state index is -4.38. The van der Waals surface area contributed by atoms with E-state index in [1.54, 1.807) is 19.1 Å². The molecular weight excluding hydrogens is 281 g/mol. The average Bonchev–Trinajstić information content (AvgIpc) is 2.45. The molecule has 2 aromatic rings. The molecule has 0 atom stereocenters. The first kappa shape index (κ1) is 14.9. The van der Waals surface area contributed by atoms with Crippen molar-refractivity contribution in [2.75, 3.05) is 5.43 Å². The molecule has 2 aromatic carbocycles. The molecule has 0 amide bonds. The van der Waals surface area contributed by atoms with Gasteiger partial charge in [0.15, 0.2) is 0 Å². The van der Waals surface area contributed by atoms with Gasteiger partial charge in [-0.05, 0) is 55.0 Å². The van der Waals surface area contributed by atoms with Gasteiger partial charge in [-0.1, -0.05) is 6.07 Å². The number of nitrogens with zero attached hydrogens (tertiary/aromatic N) is 1. The number of hydrazone groups is 1. The number of benzene rings is 2. The smallest absolute Gasteiger partial charge is 0.416 e. The quantitative estimate of drug-likeness (QED) is 0.656. The summed E-state index contributed by atoms with van der Waals surface area (Å²) in [6.45, 7) is 1.72. The van der Waals surface area contributed by atoms with Gasteiger partial charge < -0.3 is 5.11 Å². The van der Waals surface area contributed by atoms with Gasteiger partial charge in [0.25, 0.3) is 0 Å². The van der Waals surface area contributed by atoms with Crippen LogP contribution in [0.1, 0.15) is 18.1 Å². The van der Waals surface area contributed by atoms with Gasteiger partial charge in [0.05, 0.1) is 17.0 Å². The highest BCUT2D eigenvalue weighted by molar-refractivity contribution is 5.99. The van der Waals surface area contributed by atoms with Crippen molar-refractivity contribution in [1.29, 1.82) is 0 Å². The van der Waals surface area contributed by atoms with Gasteiger partial charge in [0, 0.05) is 0 Å². The van der Waals surface area contributed by atoms with E-state index in [0.29, 0.717) is 5.71 Å². The molecule has 2 N–H and O–H groups in total. The van der Waals surface area contributed by atoms with E-state index in [1.807, 2.05) is 0 Å². The van der Waals surface area contributed by atoms with Crippen LogP contribution in [-0.4, -0.2) is 10.8 Å². The SMILES string of the molecule is CC(=NNc1cccc(C(F)(F)F)c1)c1ccc(O)cc1. The number of alkyl halides is 3. The Kier molecular flexibility index (Phi) is 4.16. The van der Waals surface area contributed by atoms with Crippen molar-refractivity contribution in [1.82, 2.24) is 0 Å². The maximum absolute atomic E-state index is 12.6. The normalized spacial score (nSPS) is 12.3. The fraction of sp³-hybridized carbons (Fsp3) is 0.133. The summed E-state index contributed by atoms with van der Waals surface area (Å²) in [7, 11) is 0. The number of hydrogen-bond donors (Lipinski definition) is 2. The summed E-state index contributed by atoms with van der Waals surface area (Å²) in [6, 6.07) is 11.2. The molecule has 110 valence electrons. The second-order valence-corrected chi connectivity index (χ2v) is 4.43. The largest absolute Gasteiger partial charge is 0.508 e. The van der Waals surface area contributed by atoms with Crippen LogP contribution >= 0.6 is 0 Å². The topological polar surface area (TPSA) is 44.6 Å². The van der Waals surface area contributed by atoms with Crippen molar-refractivity contribution in [3.05, 3.63) is 59.7 Å². The average molecular weight is 294 g/mol. The van der Waals surface area contributed by atoms with Crippen molar-refractivity contribution in [2.24, 2.45) is 5.10 Å². The van der Waals surface area contributed by atoms with E-state index in [2.05, 4.69) is 10.5 Å². The summed E-state index contributed by atoms with van der Waals surface area (Å²) in [4.78, 5) is 0. The minimum absolute atomic E-state index is 0.136. The lowest BCUT2D eigenvalue weighted by Gasteiger charge is -2.09. The zero-order valence-electron chi connectivity index (χ0n) is 11.1. The summed E-state index contributed by atoms with van der Waals surface area (Å²) in [5.41, 5.74) is 3.46. The number of halogens is 3. The van der Waals surface area contributed by atoms with Gasteiger partial charge in [0.2, 0.25) is 0 Å². The van der Waals surface area contributed by atoms with Gasteiger partial charge in [-0.15, -0.1) is 0 Å². The van der Waals surface area contributed by atoms with E-state index in [1.165, 1.54) is 24.3 Å². The van der Waals surface area contributed by atoms with Gasteiger partial charge in [-0.25, -0.2) is 0 Å². The number of aromatic hydroxyl groups is 1. The summed E-state index contributed by atoms with van der Waals surface area (Å²) in [5, 5.41) is 13.2. The lowest BCUT2D eigenvalue weighted by molar-refractivity contribution is -0.137. The Morgan fingerprint density at radius 2 is 1.76 bits per heavy atom. The first-order valence-corrected chi connectivity index (χ1v) is 6.13. The fourth-order valence-electron chi connectivity index (χ4n) is 1.68. The number of anilines is 1. The molecule has 0 saturated heterocycles. The number of hydrogen-bond acceptors (Lipinski definition) is 3. The fourth-order valence-corrected chi connectivity index (χ4v) is 1.68. The first-order valence-electron chi connectivity index (χ1n) is 6.13. The van der Waals surface area contributed by atoms with Crippen molar-refractivity contribution in [3.8, 4) is 5.75 Å². The number of rotatable bonds is 3. The molecule has 2 rings (SSSR count). The molecule has 0 spiro atoms. The molecule has 0 aliphatic heterocycles. The highest BCUT2D eigenvalue weighted by atomic mass is 19.4. The molecule has 0 aliphatic rings. The summed E-state index contributed by atoms with van der Waals surface area (Å²) in [6.07, 6.45) is -4.38. The van der Waals surface area contributed by atoms with Gasteiger partial charge >= 0.3 is 6.18 Å². The van der Waals surface area contributed by atoms with Crippen molar-refractivity contribution >= 4 is 11.4 Å². The van der Waals surface area contributed by atoms with Crippen LogP contribution in [0.25, 0.3) is 0 Å². The highest BCUT2D eigenvalue weighted by Crippen LogP contribution is 2.30. The van der Waals surface area contributed by atoms with Crippen molar-refractivity contribution < 1.29 is 18.3 Å². The van der Waals surface area contributed by atoms with Gasteiger partial charge in [-0.2, -0.15) is 18.3 Å². The third-order valence-corrected chi connectivity index (χ3v) is 2.83. The first-order chi connectivity index (χ1) is 9.86. The molecule has 0 radical (unpaired) electrons. The van der Waals surface area contributed by atoms with Crippen molar-refractivity contribution in [3.63, 3.8) is 0 Å². The number of phenolic OH excluding ortho intramolecular Hbond substituents is 1. The van der Waals surface area contributed by atoms with E-state index < -0.39 is 11.7 Å². The highest BCUT2D eigenvalue weighted by Gasteiger charge is 2.30. The van der Waals surface area contributed by atoms with Crippen LogP contribution in [0.15, 0.2) is 53.6 Å². The van der Waals surface area contributed by atoms with E-state index in [9.17, 15) is 18.3 Å². The third kappa shape index (κ3) is 3.98. The summed E-state index contributed by atoms with van der Waals surface area (Å²) >= 11 is 0. The molecule has 0 aromatic heterocycles. The van der Waals surface area contributed by atoms with E-state index in [4.69, 9.17) is 0 Å². The molecular formula is C15H13F3N2O. The lowest BCUT2D eigenvalue weighted by Crippen LogP contribution is -2.05. The van der Waals surface area contributed by atoms with Crippen LogP contribution in [0.3, 0.4) is 0 Å². The van der Waals surface area contributed by atoms with Gasteiger partial charge in [-0.3, -0.25) is 5.43 Å². The number of phenols is 1. The monoisotopic (exact) mass is 294 g/mol. The van der Waals surface area contributed by atoms with E-state index in [-0.39, 0.29) is 11.4 Å². The molecule has 3 nitrogen and oxygen atoms in total. The molecule has 0 heterocycles. The van der Waals surface area contributed by atoms with Crippen LogP contribution in [0.4, 0.5) is 18.9 Å². The lowest BCUT2D eigenvalue weighted by atomic mass is 10.1. The zero-order valence-corrected chi connectivity index (χ0v) is 11.1. The summed E-state index contributed by atoms with van der Waals surface area (Å²) in [5.74, 6) is 0.136. The standard InChI is InChI=1S/C15H13F3N2O/c1-10(11-5-7-14(21)8-6-11)19-20-13-4-2-3-12(9-13)15(16,17)18/h2-9,20-21H,1H3. The van der Waals surface area contributed by atoms with Crippen LogP contribution in [0, 0.1) is 0 Å². The Bertz CT molecular complexity index is 649. The molecule has 21 heavy (non-hydrogen) atoms. The number of nitrogens with one attached hydrogen (secondary N) is 1. The Labute approximate surface area is 119 Å². The molecule has 6 heteroatoms. The Balaban J connectivity index is 2.15. The van der Waals surface area contributed by atoms with Crippen molar-refractivity contribution in [2.45, 2.75) is 13.1 Å². The summed E-state index contributed by atoms with van der Waals surface area (Å²) < 4.78 is 37.7. The van der Waals surface area contributed by atoms with E-state index >= 15 is 0 Å². The molecule has 0 saturated carbocycles. The van der Waals surface area contributed by atoms with Gasteiger partial charge in [0.1, 0.15) is 5.75 Å². The Morgan fingerprint density at radius 1 is 1.10 bits per heavy atom. The maximum atomic E-state index is 12.6. The maximum Gasteiger partial charge on any atom is 0.416 e. The van der Waals surface area contributed by atoms with Crippen LogP contribution < -0.4 is 5.43 Å². The minimum Gasteiger partial charge on any atom is -0.508 e. The van der Waals surface area contributed by atoms with Crippen LogP contribution in [0.2, 0.25) is 0 Å². The predicted octanol–water partition coefficient (Wildman–Crippen LogP) is 4.25. The molecule has 0 aliphatic carbocycles. The van der Waals surface area contributed by atoms with E-state index in [0.717, 1.165) is 17.7 Å². The molecule has 0 unspecified atom stereocenters. The molecule has 0 fully saturated rings. The van der Waals surface area contributed by atoms with Crippen LogP contribution in [-0.2, 0) is 6.18 Å². The zero-order chi connectivity index (χ0) is 15.5.